The molecule has 5 nitrogen and oxygen atoms in total. The molecule has 0 unspecified atom stereocenters. The van der Waals surface area contributed by atoms with Crippen molar-refractivity contribution in [2.45, 2.75) is 233 Å². The van der Waals surface area contributed by atoms with Crippen LogP contribution >= 0.6 is 0 Å². The van der Waals surface area contributed by atoms with Gasteiger partial charge in [0.15, 0.2) is 0 Å². The molecule has 0 bridgehead atoms. The molecule has 0 saturated carbocycles. The molecular formula is C42H82O5. The molecule has 280 valence electrons. The quantitative estimate of drug-likeness (QED) is 0.0527. The van der Waals surface area contributed by atoms with Gasteiger partial charge in [0.05, 0.1) is 0 Å². The average Bonchev–Trinajstić information content (AvgIpc) is 3.04. The first-order chi connectivity index (χ1) is 22.8. The molecule has 0 aliphatic rings. The van der Waals surface area contributed by atoms with Gasteiger partial charge in [-0.3, -0.25) is 9.59 Å². The molecule has 47 heavy (non-hydrogen) atoms. The van der Waals surface area contributed by atoms with Crippen LogP contribution in [0.3, 0.4) is 0 Å². The fourth-order valence-corrected chi connectivity index (χ4v) is 6.28. The molecular weight excluding hydrogens is 584 g/mol. The Kier molecular flexibility index (Phi) is 35.3. The molecule has 1 N–H and O–H groups in total. The summed E-state index contributed by atoms with van der Waals surface area (Å²) < 4.78 is 10.4. The van der Waals surface area contributed by atoms with E-state index < -0.39 is 6.10 Å². The molecule has 0 fully saturated rings. The van der Waals surface area contributed by atoms with Gasteiger partial charge in [-0.05, 0) is 24.7 Å². The van der Waals surface area contributed by atoms with E-state index in [9.17, 15) is 14.7 Å². The molecule has 0 heterocycles. The Morgan fingerprint density at radius 3 is 0.830 bits per heavy atom. The van der Waals surface area contributed by atoms with Gasteiger partial charge in [-0.1, -0.05) is 201 Å². The van der Waals surface area contributed by atoms with E-state index in [-0.39, 0.29) is 25.2 Å². The van der Waals surface area contributed by atoms with Crippen LogP contribution in [0.25, 0.3) is 0 Å². The van der Waals surface area contributed by atoms with E-state index >= 15 is 0 Å². The maximum absolute atomic E-state index is 12.0. The first-order valence-corrected chi connectivity index (χ1v) is 20.8. The highest BCUT2D eigenvalue weighted by Gasteiger charge is 2.12. The summed E-state index contributed by atoms with van der Waals surface area (Å²) in [6, 6.07) is 0. The predicted molar refractivity (Wildman–Crippen MR) is 201 cm³/mol. The van der Waals surface area contributed by atoms with Crippen LogP contribution in [0.5, 0.6) is 0 Å². The standard InChI is InChI=1S/C42H82O5/c1-38(2)32-28-24-20-16-12-9-7-5-6-8-10-14-18-22-26-30-34-41(44)46-36-40(43)37-47-42(45)35-31-27-23-19-15-11-13-17-21-25-29-33-39(3)4/h38-40,43H,5-37H2,1-4H3/t40-/m1/s1. The predicted octanol–water partition coefficient (Wildman–Crippen LogP) is 12.8. The van der Waals surface area contributed by atoms with Crippen LogP contribution in [0, 0.1) is 11.8 Å². The van der Waals surface area contributed by atoms with Crippen LogP contribution in [0.4, 0.5) is 0 Å². The van der Waals surface area contributed by atoms with Crippen LogP contribution in [-0.4, -0.2) is 36.4 Å². The molecule has 1 atom stereocenters. The monoisotopic (exact) mass is 667 g/mol. The zero-order valence-electron chi connectivity index (χ0n) is 32.1. The Balaban J connectivity index is 3.37. The summed E-state index contributed by atoms with van der Waals surface area (Å²) in [5, 5.41) is 10.0. The Morgan fingerprint density at radius 1 is 0.383 bits per heavy atom. The number of hydrogen-bond donors (Lipinski definition) is 1. The van der Waals surface area contributed by atoms with Gasteiger partial charge in [-0.25, -0.2) is 0 Å². The lowest BCUT2D eigenvalue weighted by molar-refractivity contribution is -0.152. The second kappa shape index (κ2) is 36.2. The fraction of sp³-hybridized carbons (Fsp3) is 0.952. The molecule has 0 saturated heterocycles. The Morgan fingerprint density at radius 2 is 0.596 bits per heavy atom. The van der Waals surface area contributed by atoms with Crippen molar-refractivity contribution in [1.29, 1.82) is 0 Å². The van der Waals surface area contributed by atoms with Gasteiger partial charge in [0.1, 0.15) is 19.3 Å². The Hall–Kier alpha value is -1.10. The zero-order chi connectivity index (χ0) is 34.6. The van der Waals surface area contributed by atoms with Gasteiger partial charge in [0, 0.05) is 12.8 Å². The molecule has 0 amide bonds. The molecule has 5 heteroatoms. The van der Waals surface area contributed by atoms with E-state index in [0.29, 0.717) is 12.8 Å². The van der Waals surface area contributed by atoms with Crippen molar-refractivity contribution >= 4 is 11.9 Å². The Labute approximate surface area is 293 Å². The summed E-state index contributed by atoms with van der Waals surface area (Å²) in [5.41, 5.74) is 0. The normalized spacial score (nSPS) is 12.2. The van der Waals surface area contributed by atoms with E-state index in [1.54, 1.807) is 0 Å². The van der Waals surface area contributed by atoms with Crippen molar-refractivity contribution in [2.24, 2.45) is 11.8 Å². The molecule has 0 aliphatic carbocycles. The summed E-state index contributed by atoms with van der Waals surface area (Å²) in [7, 11) is 0. The van der Waals surface area contributed by atoms with Crippen molar-refractivity contribution in [2.75, 3.05) is 13.2 Å². The number of esters is 2. The third-order valence-electron chi connectivity index (χ3n) is 9.45. The van der Waals surface area contributed by atoms with E-state index in [1.807, 2.05) is 0 Å². The topological polar surface area (TPSA) is 72.8 Å². The first kappa shape index (κ1) is 45.9. The molecule has 0 radical (unpaired) electrons. The maximum atomic E-state index is 12.0. The lowest BCUT2D eigenvalue weighted by Gasteiger charge is -2.12. The first-order valence-electron chi connectivity index (χ1n) is 20.8. The number of rotatable bonds is 37. The lowest BCUT2D eigenvalue weighted by atomic mass is 10.0. The number of carbonyl (C=O) groups excluding carboxylic acids is 2. The van der Waals surface area contributed by atoms with E-state index in [1.165, 1.54) is 161 Å². The van der Waals surface area contributed by atoms with E-state index in [0.717, 1.165) is 37.5 Å². The largest absolute Gasteiger partial charge is 0.463 e. The van der Waals surface area contributed by atoms with Gasteiger partial charge in [0.25, 0.3) is 0 Å². The van der Waals surface area contributed by atoms with Crippen molar-refractivity contribution in [3.8, 4) is 0 Å². The van der Waals surface area contributed by atoms with Gasteiger partial charge >= 0.3 is 11.9 Å². The molecule has 0 rings (SSSR count). The van der Waals surface area contributed by atoms with Crippen LogP contribution in [-0.2, 0) is 19.1 Å². The van der Waals surface area contributed by atoms with Crippen molar-refractivity contribution in [3.63, 3.8) is 0 Å². The molecule has 0 spiro atoms. The van der Waals surface area contributed by atoms with Crippen molar-refractivity contribution in [3.05, 3.63) is 0 Å². The van der Waals surface area contributed by atoms with Crippen LogP contribution in [0.2, 0.25) is 0 Å². The van der Waals surface area contributed by atoms with Crippen LogP contribution in [0.1, 0.15) is 227 Å². The highest BCUT2D eigenvalue weighted by Crippen LogP contribution is 2.16. The lowest BCUT2D eigenvalue weighted by Crippen LogP contribution is -2.25. The third-order valence-corrected chi connectivity index (χ3v) is 9.45. The van der Waals surface area contributed by atoms with Gasteiger partial charge < -0.3 is 14.6 Å². The number of hydrogen-bond acceptors (Lipinski definition) is 5. The minimum atomic E-state index is -0.956. The van der Waals surface area contributed by atoms with E-state index in [2.05, 4.69) is 27.7 Å². The molecule has 0 aliphatic heterocycles. The minimum absolute atomic E-state index is 0.109. The summed E-state index contributed by atoms with van der Waals surface area (Å²) in [6.07, 6.45) is 37.3. The van der Waals surface area contributed by atoms with Crippen molar-refractivity contribution in [1.82, 2.24) is 0 Å². The SMILES string of the molecule is CC(C)CCCCCCCCCCCCCCCCCCC(=O)OC[C@@H](O)COC(=O)CCCCCCCCCCCCCC(C)C. The highest BCUT2D eigenvalue weighted by atomic mass is 16.6. The summed E-state index contributed by atoms with van der Waals surface area (Å²) in [4.78, 5) is 23.9. The summed E-state index contributed by atoms with van der Waals surface area (Å²) >= 11 is 0. The molecule has 0 aromatic carbocycles. The average molecular weight is 667 g/mol. The third kappa shape index (κ3) is 39.2. The zero-order valence-corrected chi connectivity index (χ0v) is 32.1. The van der Waals surface area contributed by atoms with Gasteiger partial charge in [-0.2, -0.15) is 0 Å². The molecule has 0 aromatic rings. The van der Waals surface area contributed by atoms with Gasteiger partial charge in [0.2, 0.25) is 0 Å². The van der Waals surface area contributed by atoms with Crippen molar-refractivity contribution < 1.29 is 24.2 Å². The van der Waals surface area contributed by atoms with Crippen LogP contribution in [0.15, 0.2) is 0 Å². The second-order valence-electron chi connectivity index (χ2n) is 15.4. The van der Waals surface area contributed by atoms with Crippen LogP contribution < -0.4 is 0 Å². The minimum Gasteiger partial charge on any atom is -0.463 e. The summed E-state index contributed by atoms with van der Waals surface area (Å²) in [6.45, 7) is 9.03. The smallest absolute Gasteiger partial charge is 0.305 e. The summed E-state index contributed by atoms with van der Waals surface area (Å²) in [5.74, 6) is 1.14. The number of aliphatic hydroxyl groups excluding tert-OH is 1. The van der Waals surface area contributed by atoms with E-state index in [4.69, 9.17) is 9.47 Å². The second-order valence-corrected chi connectivity index (χ2v) is 15.4. The highest BCUT2D eigenvalue weighted by molar-refractivity contribution is 5.69. The van der Waals surface area contributed by atoms with Gasteiger partial charge in [-0.15, -0.1) is 0 Å². The Bertz CT molecular complexity index is 661. The number of aliphatic hydroxyl groups is 1. The maximum Gasteiger partial charge on any atom is 0.305 e. The fourth-order valence-electron chi connectivity index (χ4n) is 6.28. The molecule has 0 aromatic heterocycles. The number of unbranched alkanes of at least 4 members (excludes halogenated alkanes) is 25. The number of ether oxygens (including phenoxy) is 2. The number of carbonyl (C=O) groups is 2.